The predicted octanol–water partition coefficient (Wildman–Crippen LogP) is 3.32. The Morgan fingerprint density at radius 1 is 1.40 bits per heavy atom. The highest BCUT2D eigenvalue weighted by molar-refractivity contribution is 5.80. The van der Waals surface area contributed by atoms with Crippen molar-refractivity contribution in [1.82, 2.24) is 0 Å². The minimum Gasteiger partial charge on any atom is -0.481 e. The summed E-state index contributed by atoms with van der Waals surface area (Å²) in [6, 6.07) is 0. The second-order valence-corrected chi connectivity index (χ2v) is 3.95. The molecule has 0 radical (unpaired) electrons. The van der Waals surface area contributed by atoms with Gasteiger partial charge in [0.25, 0.3) is 0 Å². The number of rotatable bonds is 4. The number of hydrogen-bond donors (Lipinski definition) is 1. The first-order chi connectivity index (χ1) is 7.17. The van der Waals surface area contributed by atoms with Crippen molar-refractivity contribution < 1.29 is 9.90 Å². The highest BCUT2D eigenvalue weighted by atomic mass is 16.4. The number of allylic oxidation sites excluding steroid dienone is 4. The Hall–Kier alpha value is -1.31. The molecule has 0 amide bonds. The van der Waals surface area contributed by atoms with E-state index in [9.17, 15) is 9.90 Å². The van der Waals surface area contributed by atoms with Gasteiger partial charge in [-0.15, -0.1) is 0 Å². The molecule has 1 N–H and O–H groups in total. The summed E-state index contributed by atoms with van der Waals surface area (Å²) < 4.78 is 0. The molecule has 0 aromatic rings. The molecule has 2 nitrogen and oxygen atoms in total. The Kier molecular flexibility index (Phi) is 3.89. The summed E-state index contributed by atoms with van der Waals surface area (Å²) in [4.78, 5) is 11.4. The van der Waals surface area contributed by atoms with Crippen LogP contribution < -0.4 is 0 Å². The van der Waals surface area contributed by atoms with Gasteiger partial charge in [0.05, 0.1) is 5.41 Å². The topological polar surface area (TPSA) is 37.3 Å². The molecular weight excluding hydrogens is 188 g/mol. The molecule has 0 saturated heterocycles. The molecule has 0 aromatic carbocycles. The molecule has 0 atom stereocenters. The van der Waals surface area contributed by atoms with Gasteiger partial charge in [-0.05, 0) is 25.3 Å². The minimum absolute atomic E-state index is 0.679. The first-order valence-electron chi connectivity index (χ1n) is 5.36. The molecule has 0 spiro atoms. The van der Waals surface area contributed by atoms with Gasteiger partial charge in [-0.3, -0.25) is 4.79 Å². The average Bonchev–Trinajstić information content (AvgIpc) is 2.69. The van der Waals surface area contributed by atoms with Crippen molar-refractivity contribution in [1.29, 1.82) is 0 Å². The zero-order valence-corrected chi connectivity index (χ0v) is 9.20. The molecule has 15 heavy (non-hydrogen) atoms. The Morgan fingerprint density at radius 2 is 2.00 bits per heavy atom. The van der Waals surface area contributed by atoms with Crippen molar-refractivity contribution in [2.45, 2.75) is 32.6 Å². The highest BCUT2D eigenvalue weighted by Crippen LogP contribution is 2.44. The van der Waals surface area contributed by atoms with Gasteiger partial charge in [0, 0.05) is 0 Å². The van der Waals surface area contributed by atoms with Crippen molar-refractivity contribution >= 4 is 5.97 Å². The maximum absolute atomic E-state index is 11.4. The van der Waals surface area contributed by atoms with E-state index in [1.165, 1.54) is 0 Å². The Bertz CT molecular complexity index is 304. The zero-order valence-electron chi connectivity index (χ0n) is 9.20. The minimum atomic E-state index is -0.712. The van der Waals surface area contributed by atoms with Crippen LogP contribution in [0.15, 0.2) is 36.5 Å². The van der Waals surface area contributed by atoms with E-state index >= 15 is 0 Å². The quantitative estimate of drug-likeness (QED) is 0.716. The lowest BCUT2D eigenvalue weighted by Crippen LogP contribution is -2.29. The smallest absolute Gasteiger partial charge is 0.314 e. The fourth-order valence-corrected chi connectivity index (χ4v) is 2.23. The standard InChI is InChI=1S/C13H18O2/c1-3-5-8-11(4-2)13(12(14)15)9-6-7-10-13/h3-5,8H,2,6-7,9-10H2,1H3,(H,14,15)/b5-3-,11-8+. The van der Waals surface area contributed by atoms with Crippen LogP contribution in [0.4, 0.5) is 0 Å². The lowest BCUT2D eigenvalue weighted by Gasteiger charge is -2.25. The fourth-order valence-electron chi connectivity index (χ4n) is 2.23. The summed E-state index contributed by atoms with van der Waals surface area (Å²) in [6.07, 6.45) is 10.8. The van der Waals surface area contributed by atoms with Crippen LogP contribution in [-0.2, 0) is 4.79 Å². The number of carbonyl (C=O) groups is 1. The van der Waals surface area contributed by atoms with Crippen LogP contribution in [0.2, 0.25) is 0 Å². The molecule has 0 heterocycles. The summed E-state index contributed by atoms with van der Waals surface area (Å²) in [6.45, 7) is 5.64. The second-order valence-electron chi connectivity index (χ2n) is 3.95. The van der Waals surface area contributed by atoms with E-state index in [1.54, 1.807) is 6.08 Å². The molecule has 0 bridgehead atoms. The summed E-state index contributed by atoms with van der Waals surface area (Å²) in [7, 11) is 0. The van der Waals surface area contributed by atoms with Crippen LogP contribution in [0.1, 0.15) is 32.6 Å². The third-order valence-corrected chi connectivity index (χ3v) is 3.11. The lowest BCUT2D eigenvalue weighted by molar-refractivity contribution is -0.146. The van der Waals surface area contributed by atoms with Gasteiger partial charge in [0.2, 0.25) is 0 Å². The Labute approximate surface area is 91.0 Å². The first kappa shape index (κ1) is 11.8. The summed E-state index contributed by atoms with van der Waals surface area (Å²) >= 11 is 0. The molecule has 1 fully saturated rings. The van der Waals surface area contributed by atoms with E-state index in [-0.39, 0.29) is 0 Å². The molecule has 1 aliphatic rings. The molecule has 1 rings (SSSR count). The molecule has 82 valence electrons. The molecule has 0 aromatic heterocycles. The van der Waals surface area contributed by atoms with Gasteiger partial charge < -0.3 is 5.11 Å². The third kappa shape index (κ3) is 2.20. The van der Waals surface area contributed by atoms with Gasteiger partial charge in [-0.2, -0.15) is 0 Å². The van der Waals surface area contributed by atoms with Crippen LogP contribution in [-0.4, -0.2) is 11.1 Å². The van der Waals surface area contributed by atoms with Crippen LogP contribution in [0.25, 0.3) is 0 Å². The largest absolute Gasteiger partial charge is 0.481 e. The van der Waals surface area contributed by atoms with E-state index in [0.29, 0.717) is 0 Å². The monoisotopic (exact) mass is 206 g/mol. The molecule has 0 unspecified atom stereocenters. The first-order valence-corrected chi connectivity index (χ1v) is 5.36. The van der Waals surface area contributed by atoms with Crippen LogP contribution in [0.3, 0.4) is 0 Å². The van der Waals surface area contributed by atoms with E-state index < -0.39 is 11.4 Å². The van der Waals surface area contributed by atoms with E-state index in [2.05, 4.69) is 6.58 Å². The number of hydrogen-bond acceptors (Lipinski definition) is 1. The highest BCUT2D eigenvalue weighted by Gasteiger charge is 2.43. The normalized spacial score (nSPS) is 20.7. The van der Waals surface area contributed by atoms with Gasteiger partial charge >= 0.3 is 5.97 Å². The van der Waals surface area contributed by atoms with Crippen molar-refractivity contribution in [2.75, 3.05) is 0 Å². The Balaban J connectivity index is 3.06. The van der Waals surface area contributed by atoms with Gasteiger partial charge in [0.1, 0.15) is 0 Å². The number of carboxylic acid groups (broad SMARTS) is 1. The second kappa shape index (κ2) is 4.96. The van der Waals surface area contributed by atoms with Crippen LogP contribution >= 0.6 is 0 Å². The van der Waals surface area contributed by atoms with Gasteiger partial charge in [0.15, 0.2) is 0 Å². The Morgan fingerprint density at radius 3 is 2.40 bits per heavy atom. The number of carboxylic acids is 1. The summed E-state index contributed by atoms with van der Waals surface area (Å²) in [5.74, 6) is -0.712. The predicted molar refractivity (Wildman–Crippen MR) is 61.6 cm³/mol. The van der Waals surface area contributed by atoms with E-state index in [1.807, 2.05) is 25.2 Å². The maximum atomic E-state index is 11.4. The zero-order chi connectivity index (χ0) is 11.3. The van der Waals surface area contributed by atoms with Crippen molar-refractivity contribution in [2.24, 2.45) is 5.41 Å². The number of aliphatic carboxylic acids is 1. The molecule has 0 aliphatic heterocycles. The summed E-state index contributed by atoms with van der Waals surface area (Å²) in [5.41, 5.74) is 0.159. The lowest BCUT2D eigenvalue weighted by atomic mass is 9.78. The van der Waals surface area contributed by atoms with E-state index in [4.69, 9.17) is 0 Å². The third-order valence-electron chi connectivity index (χ3n) is 3.11. The average molecular weight is 206 g/mol. The van der Waals surface area contributed by atoms with Crippen molar-refractivity contribution in [3.8, 4) is 0 Å². The fraction of sp³-hybridized carbons (Fsp3) is 0.462. The van der Waals surface area contributed by atoms with Gasteiger partial charge in [-0.25, -0.2) is 0 Å². The van der Waals surface area contributed by atoms with Crippen molar-refractivity contribution in [3.05, 3.63) is 36.5 Å². The van der Waals surface area contributed by atoms with Crippen LogP contribution in [0, 0.1) is 5.41 Å². The van der Waals surface area contributed by atoms with Crippen LogP contribution in [0.5, 0.6) is 0 Å². The van der Waals surface area contributed by atoms with Gasteiger partial charge in [-0.1, -0.05) is 43.7 Å². The van der Waals surface area contributed by atoms with E-state index in [0.717, 1.165) is 31.3 Å². The summed E-state index contributed by atoms with van der Waals surface area (Å²) in [5, 5.41) is 9.35. The SMILES string of the molecule is C=C/C(=C\C=C/C)C1(C(=O)O)CCCC1. The molecule has 2 heteroatoms. The molecule has 1 saturated carbocycles. The molecular formula is C13H18O2. The molecule has 1 aliphatic carbocycles. The van der Waals surface area contributed by atoms with Crippen molar-refractivity contribution in [3.63, 3.8) is 0 Å². The maximum Gasteiger partial charge on any atom is 0.314 e.